The van der Waals surface area contributed by atoms with E-state index in [1.807, 2.05) is 14.0 Å². The van der Waals surface area contributed by atoms with Crippen molar-refractivity contribution in [1.82, 2.24) is 10.3 Å². The van der Waals surface area contributed by atoms with Crippen LogP contribution in [0.15, 0.2) is 15.9 Å². The maximum atomic E-state index is 5.21. The minimum atomic E-state index is 0.494. The van der Waals surface area contributed by atoms with Gasteiger partial charge in [-0.1, -0.05) is 18.7 Å². The lowest BCUT2D eigenvalue weighted by molar-refractivity contribution is 0.453. The molecule has 1 aromatic heterocycles. The molecule has 1 rings (SSSR count). The van der Waals surface area contributed by atoms with E-state index >= 15 is 0 Å². The maximum Gasteiger partial charge on any atom is 0.256 e. The van der Waals surface area contributed by atoms with Gasteiger partial charge in [0.2, 0.25) is 0 Å². The first-order chi connectivity index (χ1) is 5.72. The van der Waals surface area contributed by atoms with Crippen molar-refractivity contribution >= 4 is 11.8 Å². The molecule has 1 heterocycles. The zero-order valence-corrected chi connectivity index (χ0v) is 8.44. The molecule has 1 N–H and O–H groups in total. The second-order valence-corrected chi connectivity index (χ2v) is 4.13. The van der Waals surface area contributed by atoms with Crippen molar-refractivity contribution in [1.29, 1.82) is 0 Å². The molecule has 0 saturated heterocycles. The first-order valence-electron chi connectivity index (χ1n) is 3.95. The smallest absolute Gasteiger partial charge is 0.256 e. The number of oxazole rings is 1. The lowest BCUT2D eigenvalue weighted by atomic mass is 10.5. The van der Waals surface area contributed by atoms with Crippen LogP contribution in [0, 0.1) is 6.92 Å². The van der Waals surface area contributed by atoms with E-state index in [1.54, 1.807) is 18.0 Å². The van der Waals surface area contributed by atoms with E-state index in [1.165, 1.54) is 0 Å². The number of hydrogen-bond acceptors (Lipinski definition) is 4. The lowest BCUT2D eigenvalue weighted by Crippen LogP contribution is -2.17. The zero-order valence-electron chi connectivity index (χ0n) is 7.63. The van der Waals surface area contributed by atoms with Crippen molar-refractivity contribution in [3.05, 3.63) is 12.0 Å². The van der Waals surface area contributed by atoms with Gasteiger partial charge >= 0.3 is 0 Å². The summed E-state index contributed by atoms with van der Waals surface area (Å²) < 4.78 is 5.21. The van der Waals surface area contributed by atoms with Crippen molar-refractivity contribution in [3.8, 4) is 0 Å². The average molecular weight is 186 g/mol. The number of thioether (sulfide) groups is 1. The molecular weight excluding hydrogens is 172 g/mol. The number of aromatic nitrogens is 1. The normalized spacial score (nSPS) is 13.2. The van der Waals surface area contributed by atoms with E-state index < -0.39 is 0 Å². The fourth-order valence-corrected chi connectivity index (χ4v) is 1.78. The Morgan fingerprint density at radius 2 is 2.50 bits per heavy atom. The standard InChI is InChI=1S/C8H14N2OS/c1-6-5-11-8(10-6)12-7(2)4-9-3/h5,7,9H,4H2,1-3H3. The number of aryl methyl sites for hydroxylation is 1. The highest BCUT2D eigenvalue weighted by molar-refractivity contribution is 7.99. The SMILES string of the molecule is CNCC(C)Sc1nc(C)co1. The summed E-state index contributed by atoms with van der Waals surface area (Å²) >= 11 is 1.65. The van der Waals surface area contributed by atoms with Crippen LogP contribution in [-0.4, -0.2) is 23.8 Å². The van der Waals surface area contributed by atoms with Gasteiger partial charge in [0.25, 0.3) is 5.22 Å². The molecule has 0 aliphatic carbocycles. The third-order valence-electron chi connectivity index (χ3n) is 1.39. The number of hydrogen-bond donors (Lipinski definition) is 1. The molecule has 0 saturated carbocycles. The monoisotopic (exact) mass is 186 g/mol. The van der Waals surface area contributed by atoms with Crippen LogP contribution in [0.2, 0.25) is 0 Å². The molecule has 0 aromatic carbocycles. The van der Waals surface area contributed by atoms with Crippen LogP contribution in [-0.2, 0) is 0 Å². The summed E-state index contributed by atoms with van der Waals surface area (Å²) in [6.07, 6.45) is 1.68. The van der Waals surface area contributed by atoms with Crippen molar-refractivity contribution in [2.45, 2.75) is 24.3 Å². The summed E-state index contributed by atoms with van der Waals surface area (Å²) in [5.74, 6) is 0. The average Bonchev–Trinajstić information content (AvgIpc) is 2.36. The minimum absolute atomic E-state index is 0.494. The molecule has 12 heavy (non-hydrogen) atoms. The van der Waals surface area contributed by atoms with Crippen LogP contribution in [0.5, 0.6) is 0 Å². The van der Waals surface area contributed by atoms with Gasteiger partial charge in [-0.25, -0.2) is 4.98 Å². The summed E-state index contributed by atoms with van der Waals surface area (Å²) in [4.78, 5) is 4.20. The zero-order chi connectivity index (χ0) is 8.97. The van der Waals surface area contributed by atoms with Crippen molar-refractivity contribution < 1.29 is 4.42 Å². The van der Waals surface area contributed by atoms with Crippen LogP contribution in [0.4, 0.5) is 0 Å². The van der Waals surface area contributed by atoms with E-state index in [0.29, 0.717) is 5.25 Å². The molecule has 1 atom stereocenters. The van der Waals surface area contributed by atoms with Gasteiger partial charge in [0, 0.05) is 11.8 Å². The van der Waals surface area contributed by atoms with Gasteiger partial charge < -0.3 is 9.73 Å². The van der Waals surface area contributed by atoms with Gasteiger partial charge in [-0.3, -0.25) is 0 Å². The van der Waals surface area contributed by atoms with Crippen LogP contribution < -0.4 is 5.32 Å². The summed E-state index contributed by atoms with van der Waals surface area (Å²) in [7, 11) is 1.94. The van der Waals surface area contributed by atoms with Gasteiger partial charge in [0.1, 0.15) is 6.26 Å². The summed E-state index contributed by atoms with van der Waals surface area (Å²) in [5, 5.41) is 4.36. The Morgan fingerprint density at radius 1 is 1.75 bits per heavy atom. The number of nitrogens with zero attached hydrogens (tertiary/aromatic N) is 1. The van der Waals surface area contributed by atoms with Gasteiger partial charge in [-0.2, -0.15) is 0 Å². The quantitative estimate of drug-likeness (QED) is 0.726. The lowest BCUT2D eigenvalue weighted by Gasteiger charge is -2.05. The van der Waals surface area contributed by atoms with Crippen LogP contribution in [0.3, 0.4) is 0 Å². The molecule has 0 aliphatic rings. The van der Waals surface area contributed by atoms with Gasteiger partial charge in [-0.05, 0) is 14.0 Å². The van der Waals surface area contributed by atoms with E-state index in [2.05, 4.69) is 17.2 Å². The molecule has 1 aromatic rings. The molecule has 1 unspecified atom stereocenters. The molecule has 0 spiro atoms. The topological polar surface area (TPSA) is 38.1 Å². The number of nitrogens with one attached hydrogen (secondary N) is 1. The predicted octanol–water partition coefficient (Wildman–Crippen LogP) is 1.68. The van der Waals surface area contributed by atoms with E-state index in [0.717, 1.165) is 17.5 Å². The fourth-order valence-electron chi connectivity index (χ4n) is 0.888. The third-order valence-corrected chi connectivity index (χ3v) is 2.35. The predicted molar refractivity (Wildman–Crippen MR) is 50.5 cm³/mol. The molecule has 3 nitrogen and oxygen atoms in total. The Balaban J connectivity index is 2.41. The highest BCUT2D eigenvalue weighted by atomic mass is 32.2. The van der Waals surface area contributed by atoms with Crippen molar-refractivity contribution in [2.75, 3.05) is 13.6 Å². The molecule has 0 amide bonds. The molecule has 0 aliphatic heterocycles. The summed E-state index contributed by atoms with van der Waals surface area (Å²) in [6, 6.07) is 0. The molecule has 68 valence electrons. The highest BCUT2D eigenvalue weighted by Gasteiger charge is 2.07. The van der Waals surface area contributed by atoms with Crippen LogP contribution in [0.1, 0.15) is 12.6 Å². The second-order valence-electron chi connectivity index (χ2n) is 2.74. The van der Waals surface area contributed by atoms with E-state index in [4.69, 9.17) is 4.42 Å². The van der Waals surface area contributed by atoms with Crippen molar-refractivity contribution in [3.63, 3.8) is 0 Å². The number of rotatable bonds is 4. The third kappa shape index (κ3) is 2.87. The molecular formula is C8H14N2OS. The Hall–Kier alpha value is -0.480. The Kier molecular flexibility index (Phi) is 3.62. The highest BCUT2D eigenvalue weighted by Crippen LogP contribution is 2.21. The van der Waals surface area contributed by atoms with Crippen LogP contribution >= 0.6 is 11.8 Å². The van der Waals surface area contributed by atoms with E-state index in [-0.39, 0.29) is 0 Å². The van der Waals surface area contributed by atoms with E-state index in [9.17, 15) is 0 Å². The Labute approximate surface area is 76.9 Å². The molecule has 0 radical (unpaired) electrons. The maximum absolute atomic E-state index is 5.21. The minimum Gasteiger partial charge on any atom is -0.440 e. The summed E-state index contributed by atoms with van der Waals surface area (Å²) in [6.45, 7) is 5.03. The fraction of sp³-hybridized carbons (Fsp3) is 0.625. The van der Waals surface area contributed by atoms with Gasteiger partial charge in [-0.15, -0.1) is 0 Å². The first kappa shape index (κ1) is 9.61. The molecule has 4 heteroatoms. The second kappa shape index (κ2) is 4.52. The van der Waals surface area contributed by atoms with Crippen LogP contribution in [0.25, 0.3) is 0 Å². The Bertz CT molecular complexity index is 237. The first-order valence-corrected chi connectivity index (χ1v) is 4.83. The molecule has 0 bridgehead atoms. The summed E-state index contributed by atoms with van der Waals surface area (Å²) in [5.41, 5.74) is 0.939. The Morgan fingerprint density at radius 3 is 3.00 bits per heavy atom. The van der Waals surface area contributed by atoms with Crippen molar-refractivity contribution in [2.24, 2.45) is 0 Å². The largest absolute Gasteiger partial charge is 0.440 e. The van der Waals surface area contributed by atoms with Gasteiger partial charge in [0.05, 0.1) is 5.69 Å². The molecule has 0 fully saturated rings. The van der Waals surface area contributed by atoms with Gasteiger partial charge in [0.15, 0.2) is 0 Å².